The molecule has 0 saturated carbocycles. The summed E-state index contributed by atoms with van der Waals surface area (Å²) in [7, 11) is -3.65. The Morgan fingerprint density at radius 3 is 2.20 bits per heavy atom. The maximum absolute atomic E-state index is 12.3. The van der Waals surface area contributed by atoms with E-state index in [0.717, 1.165) is 9.13 Å². The predicted molar refractivity (Wildman–Crippen MR) is 85.7 cm³/mol. The number of benzene rings is 2. The fourth-order valence-electron chi connectivity index (χ4n) is 1.77. The lowest BCUT2D eigenvalue weighted by molar-refractivity contribution is 0.259. The molecule has 0 spiro atoms. The van der Waals surface area contributed by atoms with E-state index in [1.54, 1.807) is 48.5 Å². The third-order valence-corrected chi connectivity index (χ3v) is 5.01. The Kier molecular flexibility index (Phi) is 5.14. The molecule has 4 nitrogen and oxygen atoms in total. The fraction of sp³-hybridized carbons (Fsp3) is 0.143. The number of halogens is 1. The van der Waals surface area contributed by atoms with Crippen LogP contribution in [0.2, 0.25) is 0 Å². The van der Waals surface area contributed by atoms with Gasteiger partial charge in [0, 0.05) is 3.57 Å². The Hall–Kier alpha value is -0.960. The van der Waals surface area contributed by atoms with E-state index in [2.05, 4.69) is 27.3 Å². The average molecular weight is 403 g/mol. The highest BCUT2D eigenvalue weighted by Gasteiger charge is 2.20. The molecule has 0 radical (unpaired) electrons. The molecule has 0 bridgehead atoms. The Morgan fingerprint density at radius 1 is 1.05 bits per heavy atom. The molecular formula is C14H14INO3S. The van der Waals surface area contributed by atoms with Gasteiger partial charge in [-0.3, -0.25) is 0 Å². The van der Waals surface area contributed by atoms with Crippen molar-refractivity contribution in [3.8, 4) is 0 Å². The minimum Gasteiger partial charge on any atom is -0.394 e. The van der Waals surface area contributed by atoms with Gasteiger partial charge < -0.3 is 5.11 Å². The lowest BCUT2D eigenvalue weighted by Gasteiger charge is -2.16. The molecule has 2 rings (SSSR count). The van der Waals surface area contributed by atoms with Crippen molar-refractivity contribution < 1.29 is 13.5 Å². The largest absolute Gasteiger partial charge is 0.394 e. The van der Waals surface area contributed by atoms with Crippen molar-refractivity contribution in [2.24, 2.45) is 0 Å². The smallest absolute Gasteiger partial charge is 0.241 e. The number of aliphatic hydroxyl groups is 1. The van der Waals surface area contributed by atoms with Crippen molar-refractivity contribution in [2.45, 2.75) is 10.9 Å². The van der Waals surface area contributed by atoms with Gasteiger partial charge in [0.1, 0.15) is 0 Å². The van der Waals surface area contributed by atoms with Crippen LogP contribution in [-0.2, 0) is 10.0 Å². The summed E-state index contributed by atoms with van der Waals surface area (Å²) in [4.78, 5) is 0.187. The van der Waals surface area contributed by atoms with Crippen LogP contribution >= 0.6 is 22.6 Å². The standard InChI is InChI=1S/C14H14INO3S/c15-12-6-8-13(9-7-12)20(18,19)16-14(10-17)11-4-2-1-3-5-11/h1-9,14,16-17H,10H2/t14-/m0/s1. The molecule has 2 N–H and O–H groups in total. The van der Waals surface area contributed by atoms with Gasteiger partial charge in [0.05, 0.1) is 17.5 Å². The van der Waals surface area contributed by atoms with Gasteiger partial charge in [-0.1, -0.05) is 30.3 Å². The normalized spacial score (nSPS) is 13.1. The van der Waals surface area contributed by atoms with Gasteiger partial charge >= 0.3 is 0 Å². The number of nitrogens with one attached hydrogen (secondary N) is 1. The molecule has 0 amide bonds. The molecule has 1 atom stereocenters. The summed E-state index contributed by atoms with van der Waals surface area (Å²) >= 11 is 2.11. The second-order valence-electron chi connectivity index (χ2n) is 4.22. The zero-order chi connectivity index (χ0) is 14.6. The third-order valence-electron chi connectivity index (χ3n) is 2.81. The summed E-state index contributed by atoms with van der Waals surface area (Å²) in [5.74, 6) is 0. The lowest BCUT2D eigenvalue weighted by atomic mass is 10.1. The highest BCUT2D eigenvalue weighted by Crippen LogP contribution is 2.17. The van der Waals surface area contributed by atoms with Crippen LogP contribution in [0.15, 0.2) is 59.5 Å². The molecule has 0 saturated heterocycles. The molecule has 0 aliphatic heterocycles. The Bertz CT molecular complexity index is 657. The van der Waals surface area contributed by atoms with Crippen LogP contribution in [0.5, 0.6) is 0 Å². The molecular weight excluding hydrogens is 389 g/mol. The molecule has 106 valence electrons. The maximum Gasteiger partial charge on any atom is 0.241 e. The van der Waals surface area contributed by atoms with Crippen LogP contribution in [0.1, 0.15) is 11.6 Å². The fourth-order valence-corrected chi connectivity index (χ4v) is 3.34. The SMILES string of the molecule is O=S(=O)(N[C@@H](CO)c1ccccc1)c1ccc(I)cc1. The Labute approximate surface area is 132 Å². The van der Waals surface area contributed by atoms with E-state index in [4.69, 9.17) is 0 Å². The molecule has 2 aromatic rings. The number of hydrogen-bond acceptors (Lipinski definition) is 3. The summed E-state index contributed by atoms with van der Waals surface area (Å²) in [6.45, 7) is -0.298. The highest BCUT2D eigenvalue weighted by molar-refractivity contribution is 14.1. The van der Waals surface area contributed by atoms with Crippen LogP contribution in [0.3, 0.4) is 0 Å². The topological polar surface area (TPSA) is 66.4 Å². The van der Waals surface area contributed by atoms with E-state index >= 15 is 0 Å². The molecule has 0 heterocycles. The summed E-state index contributed by atoms with van der Waals surface area (Å²) < 4.78 is 28.0. The quantitative estimate of drug-likeness (QED) is 0.754. The Morgan fingerprint density at radius 2 is 1.65 bits per heavy atom. The van der Waals surface area contributed by atoms with Crippen LogP contribution in [0, 0.1) is 3.57 Å². The average Bonchev–Trinajstić information content (AvgIpc) is 2.46. The zero-order valence-corrected chi connectivity index (χ0v) is 13.5. The van der Waals surface area contributed by atoms with Gasteiger partial charge in [0.15, 0.2) is 0 Å². The Balaban J connectivity index is 2.24. The van der Waals surface area contributed by atoms with E-state index in [0.29, 0.717) is 0 Å². The lowest BCUT2D eigenvalue weighted by Crippen LogP contribution is -2.30. The monoisotopic (exact) mass is 403 g/mol. The molecule has 0 aliphatic rings. The minimum atomic E-state index is -3.65. The van der Waals surface area contributed by atoms with Gasteiger partial charge in [-0.25, -0.2) is 13.1 Å². The van der Waals surface area contributed by atoms with Crippen molar-refractivity contribution in [3.63, 3.8) is 0 Å². The first kappa shape index (κ1) is 15.4. The van der Waals surface area contributed by atoms with Crippen molar-refractivity contribution in [1.29, 1.82) is 0 Å². The molecule has 20 heavy (non-hydrogen) atoms. The van der Waals surface area contributed by atoms with Gasteiger partial charge in [-0.05, 0) is 52.4 Å². The van der Waals surface area contributed by atoms with E-state index in [1.165, 1.54) is 0 Å². The first-order chi connectivity index (χ1) is 9.53. The summed E-state index contributed by atoms with van der Waals surface area (Å²) in [5.41, 5.74) is 0.726. The van der Waals surface area contributed by atoms with Gasteiger partial charge in [0.25, 0.3) is 0 Å². The van der Waals surface area contributed by atoms with E-state index < -0.39 is 16.1 Å². The van der Waals surface area contributed by atoms with Crippen LogP contribution < -0.4 is 4.72 Å². The summed E-state index contributed by atoms with van der Waals surface area (Å²) in [6, 6.07) is 14.9. The molecule has 0 fully saturated rings. The van der Waals surface area contributed by atoms with Crippen LogP contribution in [0.4, 0.5) is 0 Å². The first-order valence-corrected chi connectivity index (χ1v) is 8.53. The van der Waals surface area contributed by atoms with Gasteiger partial charge in [-0.2, -0.15) is 0 Å². The highest BCUT2D eigenvalue weighted by atomic mass is 127. The van der Waals surface area contributed by atoms with E-state index in [1.807, 2.05) is 6.07 Å². The summed E-state index contributed by atoms with van der Waals surface area (Å²) in [5, 5.41) is 9.41. The van der Waals surface area contributed by atoms with Gasteiger partial charge in [-0.15, -0.1) is 0 Å². The van der Waals surface area contributed by atoms with Crippen molar-refractivity contribution in [1.82, 2.24) is 4.72 Å². The first-order valence-electron chi connectivity index (χ1n) is 5.96. The van der Waals surface area contributed by atoms with E-state index in [-0.39, 0.29) is 11.5 Å². The number of sulfonamides is 1. The molecule has 2 aromatic carbocycles. The van der Waals surface area contributed by atoms with Crippen molar-refractivity contribution >= 4 is 32.6 Å². The van der Waals surface area contributed by atoms with Crippen molar-refractivity contribution in [2.75, 3.05) is 6.61 Å². The second-order valence-corrected chi connectivity index (χ2v) is 7.18. The van der Waals surface area contributed by atoms with Crippen LogP contribution in [0.25, 0.3) is 0 Å². The third kappa shape index (κ3) is 3.78. The van der Waals surface area contributed by atoms with Crippen molar-refractivity contribution in [3.05, 3.63) is 63.7 Å². The summed E-state index contributed by atoms with van der Waals surface area (Å²) in [6.07, 6.45) is 0. The molecule has 0 unspecified atom stereocenters. The second kappa shape index (κ2) is 6.66. The molecule has 0 aliphatic carbocycles. The van der Waals surface area contributed by atoms with Gasteiger partial charge in [0.2, 0.25) is 10.0 Å². The minimum absolute atomic E-state index is 0.187. The van der Waals surface area contributed by atoms with Crippen LogP contribution in [-0.4, -0.2) is 20.1 Å². The zero-order valence-electron chi connectivity index (χ0n) is 10.5. The number of rotatable bonds is 5. The number of hydrogen-bond donors (Lipinski definition) is 2. The maximum atomic E-state index is 12.3. The number of aliphatic hydroxyl groups excluding tert-OH is 1. The van der Waals surface area contributed by atoms with E-state index in [9.17, 15) is 13.5 Å². The molecule has 0 aromatic heterocycles. The molecule has 6 heteroatoms. The predicted octanol–water partition coefficient (Wildman–Crippen LogP) is 2.30.